The summed E-state index contributed by atoms with van der Waals surface area (Å²) in [4.78, 5) is 6.03. The number of nitrogens with one attached hydrogen (secondary N) is 1. The molecule has 0 fully saturated rings. The Balaban J connectivity index is 2.15. The number of benzene rings is 1. The summed E-state index contributed by atoms with van der Waals surface area (Å²) in [5.41, 5.74) is 0.0454. The van der Waals surface area contributed by atoms with E-state index >= 15 is 0 Å². The quantitative estimate of drug-likeness (QED) is 0.837. The van der Waals surface area contributed by atoms with Gasteiger partial charge in [-0.2, -0.15) is 13.2 Å². The summed E-state index contributed by atoms with van der Waals surface area (Å²) in [5, 5.41) is 0. The summed E-state index contributed by atoms with van der Waals surface area (Å²) < 4.78 is 36.8. The molecule has 0 unspecified atom stereocenters. The fourth-order valence-electron chi connectivity index (χ4n) is 1.39. The normalized spacial score (nSPS) is 11.7. The standard InChI is InChI=1S/C11H9F3N2/c12-11(13,14)9-7-15-10(16-9)6-8-4-2-1-3-5-8/h1-5,7H,6H2,(H,15,16). The summed E-state index contributed by atoms with van der Waals surface area (Å²) in [5.74, 6) is 0.318. The molecule has 0 aliphatic carbocycles. The van der Waals surface area contributed by atoms with E-state index in [1.807, 2.05) is 30.3 Å². The monoisotopic (exact) mass is 226 g/mol. The van der Waals surface area contributed by atoms with Crippen LogP contribution in [0.25, 0.3) is 0 Å². The van der Waals surface area contributed by atoms with Gasteiger partial charge in [-0.25, -0.2) is 4.98 Å². The zero-order valence-electron chi connectivity index (χ0n) is 8.25. The molecule has 1 aromatic heterocycles. The zero-order valence-corrected chi connectivity index (χ0v) is 8.25. The van der Waals surface area contributed by atoms with Gasteiger partial charge in [-0.15, -0.1) is 0 Å². The van der Waals surface area contributed by atoms with E-state index in [1.54, 1.807) is 0 Å². The van der Waals surface area contributed by atoms with Gasteiger partial charge in [0.25, 0.3) is 0 Å². The summed E-state index contributed by atoms with van der Waals surface area (Å²) in [6.07, 6.45) is -3.12. The molecule has 1 N–H and O–H groups in total. The van der Waals surface area contributed by atoms with Crippen molar-refractivity contribution in [3.05, 3.63) is 53.6 Å². The van der Waals surface area contributed by atoms with Gasteiger partial charge in [-0.1, -0.05) is 30.3 Å². The van der Waals surface area contributed by atoms with Gasteiger partial charge in [0.2, 0.25) is 0 Å². The molecule has 0 aliphatic rings. The first-order valence-electron chi connectivity index (χ1n) is 4.71. The summed E-state index contributed by atoms with van der Waals surface area (Å²) in [6, 6.07) is 9.21. The lowest BCUT2D eigenvalue weighted by molar-refractivity contribution is -0.140. The highest BCUT2D eigenvalue weighted by Gasteiger charge is 2.33. The summed E-state index contributed by atoms with van der Waals surface area (Å²) in [6.45, 7) is 0. The SMILES string of the molecule is FC(F)(F)c1c[nH]c(Cc2ccccc2)n1. The van der Waals surface area contributed by atoms with Crippen LogP contribution in [-0.4, -0.2) is 9.97 Å². The van der Waals surface area contributed by atoms with Crippen LogP contribution < -0.4 is 0 Å². The van der Waals surface area contributed by atoms with Crippen LogP contribution in [0.3, 0.4) is 0 Å². The first-order valence-corrected chi connectivity index (χ1v) is 4.71. The molecule has 84 valence electrons. The van der Waals surface area contributed by atoms with Gasteiger partial charge in [-0.05, 0) is 5.56 Å². The second kappa shape index (κ2) is 4.00. The van der Waals surface area contributed by atoms with Crippen LogP contribution in [0.15, 0.2) is 36.5 Å². The molecule has 0 saturated heterocycles. The molecular formula is C11H9F3N2. The molecule has 0 bridgehead atoms. The zero-order chi connectivity index (χ0) is 11.6. The second-order valence-electron chi connectivity index (χ2n) is 3.39. The highest BCUT2D eigenvalue weighted by Crippen LogP contribution is 2.27. The Kier molecular flexibility index (Phi) is 2.68. The molecule has 1 heterocycles. The number of rotatable bonds is 2. The largest absolute Gasteiger partial charge is 0.434 e. The lowest BCUT2D eigenvalue weighted by Crippen LogP contribution is -2.05. The van der Waals surface area contributed by atoms with Crippen LogP contribution in [-0.2, 0) is 12.6 Å². The van der Waals surface area contributed by atoms with Gasteiger partial charge >= 0.3 is 6.18 Å². The minimum atomic E-state index is -4.38. The Labute approximate surface area is 90.1 Å². The van der Waals surface area contributed by atoms with E-state index in [-0.39, 0.29) is 0 Å². The highest BCUT2D eigenvalue weighted by molar-refractivity contribution is 5.19. The first-order chi connectivity index (χ1) is 7.55. The fourth-order valence-corrected chi connectivity index (χ4v) is 1.39. The van der Waals surface area contributed by atoms with Gasteiger partial charge in [0.05, 0.1) is 0 Å². The molecule has 0 atom stereocenters. The number of nitrogens with zero attached hydrogens (tertiary/aromatic N) is 1. The van der Waals surface area contributed by atoms with Gasteiger partial charge in [0.15, 0.2) is 5.69 Å². The van der Waals surface area contributed by atoms with Gasteiger partial charge < -0.3 is 4.98 Å². The van der Waals surface area contributed by atoms with Crippen molar-refractivity contribution in [1.29, 1.82) is 0 Å². The Morgan fingerprint density at radius 3 is 2.38 bits per heavy atom. The number of imidazole rings is 1. The number of aromatic nitrogens is 2. The van der Waals surface area contributed by atoms with E-state index in [4.69, 9.17) is 0 Å². The Morgan fingerprint density at radius 2 is 1.81 bits per heavy atom. The third-order valence-electron chi connectivity index (χ3n) is 2.14. The lowest BCUT2D eigenvalue weighted by Gasteiger charge is -2.00. The number of aromatic amines is 1. The Morgan fingerprint density at radius 1 is 1.12 bits per heavy atom. The van der Waals surface area contributed by atoms with Crippen molar-refractivity contribution in [1.82, 2.24) is 9.97 Å². The van der Waals surface area contributed by atoms with Gasteiger partial charge in [0.1, 0.15) is 5.82 Å². The molecule has 0 spiro atoms. The van der Waals surface area contributed by atoms with Crippen molar-refractivity contribution in [2.75, 3.05) is 0 Å². The molecule has 0 saturated carbocycles. The van der Waals surface area contributed by atoms with E-state index in [9.17, 15) is 13.2 Å². The van der Waals surface area contributed by atoms with Gasteiger partial charge in [0, 0.05) is 12.6 Å². The van der Waals surface area contributed by atoms with Crippen molar-refractivity contribution in [2.45, 2.75) is 12.6 Å². The molecule has 5 heteroatoms. The first kappa shape index (κ1) is 10.7. The molecule has 2 rings (SSSR count). The number of hydrogen-bond donors (Lipinski definition) is 1. The van der Waals surface area contributed by atoms with E-state index in [0.29, 0.717) is 12.2 Å². The maximum atomic E-state index is 12.3. The van der Waals surface area contributed by atoms with Gasteiger partial charge in [-0.3, -0.25) is 0 Å². The van der Waals surface area contributed by atoms with Crippen molar-refractivity contribution in [3.63, 3.8) is 0 Å². The van der Waals surface area contributed by atoms with Crippen molar-refractivity contribution >= 4 is 0 Å². The summed E-state index contributed by atoms with van der Waals surface area (Å²) >= 11 is 0. The average molecular weight is 226 g/mol. The predicted molar refractivity (Wildman–Crippen MR) is 52.8 cm³/mol. The molecule has 0 aliphatic heterocycles. The van der Waals surface area contributed by atoms with Crippen LogP contribution in [0.2, 0.25) is 0 Å². The molecule has 0 radical (unpaired) electrons. The Bertz CT molecular complexity index is 460. The number of hydrogen-bond acceptors (Lipinski definition) is 1. The number of halogens is 3. The van der Waals surface area contributed by atoms with E-state index in [2.05, 4.69) is 9.97 Å². The molecular weight excluding hydrogens is 217 g/mol. The lowest BCUT2D eigenvalue weighted by atomic mass is 10.1. The topological polar surface area (TPSA) is 28.7 Å². The van der Waals surface area contributed by atoms with E-state index in [0.717, 1.165) is 11.8 Å². The maximum Gasteiger partial charge on any atom is 0.434 e. The van der Waals surface area contributed by atoms with Crippen LogP contribution in [0.1, 0.15) is 17.1 Å². The Hall–Kier alpha value is -1.78. The maximum absolute atomic E-state index is 12.3. The van der Waals surface area contributed by atoms with Crippen molar-refractivity contribution in [2.24, 2.45) is 0 Å². The third kappa shape index (κ3) is 2.42. The molecule has 2 aromatic rings. The highest BCUT2D eigenvalue weighted by atomic mass is 19.4. The van der Waals surface area contributed by atoms with Crippen LogP contribution in [0.4, 0.5) is 13.2 Å². The molecule has 2 nitrogen and oxygen atoms in total. The molecule has 0 amide bonds. The predicted octanol–water partition coefficient (Wildman–Crippen LogP) is 3.02. The molecule has 1 aromatic carbocycles. The van der Waals surface area contributed by atoms with E-state index in [1.165, 1.54) is 0 Å². The summed E-state index contributed by atoms with van der Waals surface area (Å²) in [7, 11) is 0. The average Bonchev–Trinajstić information content (AvgIpc) is 2.67. The van der Waals surface area contributed by atoms with Crippen molar-refractivity contribution < 1.29 is 13.2 Å². The minimum Gasteiger partial charge on any atom is -0.348 e. The molecule has 16 heavy (non-hydrogen) atoms. The number of H-pyrrole nitrogens is 1. The number of alkyl halides is 3. The minimum absolute atomic E-state index is 0.318. The fraction of sp³-hybridized carbons (Fsp3) is 0.182. The van der Waals surface area contributed by atoms with E-state index < -0.39 is 11.9 Å². The van der Waals surface area contributed by atoms with Crippen LogP contribution >= 0.6 is 0 Å². The third-order valence-corrected chi connectivity index (χ3v) is 2.14. The van der Waals surface area contributed by atoms with Crippen molar-refractivity contribution in [3.8, 4) is 0 Å². The smallest absolute Gasteiger partial charge is 0.348 e. The second-order valence-corrected chi connectivity index (χ2v) is 3.39. The van der Waals surface area contributed by atoms with Crippen LogP contribution in [0.5, 0.6) is 0 Å². The van der Waals surface area contributed by atoms with Crippen LogP contribution in [0, 0.1) is 0 Å².